The third kappa shape index (κ3) is 6.50. The molecule has 0 bridgehead atoms. The van der Waals surface area contributed by atoms with Gasteiger partial charge < -0.3 is 10.6 Å². The molecule has 0 aliphatic carbocycles. The van der Waals surface area contributed by atoms with Crippen LogP contribution in [0, 0.1) is 0 Å². The van der Waals surface area contributed by atoms with Crippen LogP contribution in [-0.2, 0) is 4.79 Å². The Hall–Kier alpha value is -1.04. The molecule has 1 aliphatic heterocycles. The van der Waals surface area contributed by atoms with Gasteiger partial charge in [0.2, 0.25) is 5.91 Å². The third-order valence-electron chi connectivity index (χ3n) is 3.27. The number of carbonyl (C=O) groups excluding carboxylic acids is 2. The molecule has 1 aliphatic rings. The summed E-state index contributed by atoms with van der Waals surface area (Å²) in [5, 5.41) is 6.24. The summed E-state index contributed by atoms with van der Waals surface area (Å²) in [6, 6.07) is 9.59. The Morgan fingerprint density at radius 1 is 1.24 bits per heavy atom. The summed E-state index contributed by atoms with van der Waals surface area (Å²) in [6.45, 7) is 1.73. The maximum Gasteiger partial charge on any atom is 0.230 e. The van der Waals surface area contributed by atoms with Gasteiger partial charge in [0.25, 0.3) is 0 Å². The molecule has 1 saturated heterocycles. The van der Waals surface area contributed by atoms with Crippen LogP contribution in [0.2, 0.25) is 0 Å². The fourth-order valence-corrected chi connectivity index (χ4v) is 2.90. The highest BCUT2D eigenvalue weighted by Crippen LogP contribution is 2.07. The minimum absolute atomic E-state index is 0. The van der Waals surface area contributed by atoms with Gasteiger partial charge in [0.1, 0.15) is 0 Å². The summed E-state index contributed by atoms with van der Waals surface area (Å²) >= 11 is 1.36. The van der Waals surface area contributed by atoms with Gasteiger partial charge in [-0.25, -0.2) is 0 Å². The summed E-state index contributed by atoms with van der Waals surface area (Å²) in [7, 11) is 0. The van der Waals surface area contributed by atoms with Gasteiger partial charge in [0.15, 0.2) is 5.78 Å². The summed E-state index contributed by atoms with van der Waals surface area (Å²) < 4.78 is 0. The number of hydrogen-bond donors (Lipinski definition) is 2. The Morgan fingerprint density at radius 3 is 2.67 bits per heavy atom. The van der Waals surface area contributed by atoms with Gasteiger partial charge in [-0.3, -0.25) is 9.59 Å². The summed E-state index contributed by atoms with van der Waals surface area (Å²) in [6.07, 6.45) is 2.31. The number of ketones is 1. The van der Waals surface area contributed by atoms with Crippen LogP contribution in [0.15, 0.2) is 30.3 Å². The molecule has 0 spiro atoms. The summed E-state index contributed by atoms with van der Waals surface area (Å²) in [4.78, 5) is 23.5. The molecule has 2 N–H and O–H groups in total. The van der Waals surface area contributed by atoms with Crippen LogP contribution in [0.1, 0.15) is 23.2 Å². The maximum atomic E-state index is 11.8. The molecule has 1 amide bonds. The van der Waals surface area contributed by atoms with E-state index in [0.717, 1.165) is 13.0 Å². The van der Waals surface area contributed by atoms with Crippen LogP contribution in [0.25, 0.3) is 0 Å². The molecule has 1 aromatic carbocycles. The molecule has 0 aromatic heterocycles. The van der Waals surface area contributed by atoms with Gasteiger partial charge in [0, 0.05) is 18.2 Å². The zero-order valence-corrected chi connectivity index (χ0v) is 13.5. The largest absolute Gasteiger partial charge is 0.354 e. The van der Waals surface area contributed by atoms with E-state index in [-0.39, 0.29) is 24.1 Å². The molecule has 1 aromatic rings. The second-order valence-electron chi connectivity index (χ2n) is 4.88. The minimum atomic E-state index is 0. The van der Waals surface area contributed by atoms with E-state index in [9.17, 15) is 9.59 Å². The molecular weight excluding hydrogens is 308 g/mol. The van der Waals surface area contributed by atoms with Gasteiger partial charge >= 0.3 is 0 Å². The molecule has 21 heavy (non-hydrogen) atoms. The zero-order valence-electron chi connectivity index (χ0n) is 11.8. The van der Waals surface area contributed by atoms with Crippen LogP contribution in [0.4, 0.5) is 0 Å². The molecule has 116 valence electrons. The molecule has 2 rings (SSSR count). The SMILES string of the molecule is Cl.O=C(CSCC(=O)c1ccccc1)NCC1CCCN1. The maximum absolute atomic E-state index is 11.8. The second kappa shape index (κ2) is 9.82. The Bertz CT molecular complexity index is 450. The predicted molar refractivity (Wildman–Crippen MR) is 89.4 cm³/mol. The van der Waals surface area contributed by atoms with Crippen LogP contribution in [0.3, 0.4) is 0 Å². The average Bonchev–Trinajstić information content (AvgIpc) is 2.99. The first-order chi connectivity index (χ1) is 9.75. The Labute approximate surface area is 135 Å². The lowest BCUT2D eigenvalue weighted by Gasteiger charge is -2.11. The predicted octanol–water partition coefficient (Wildman–Crippen LogP) is 1.89. The highest BCUT2D eigenvalue weighted by molar-refractivity contribution is 8.00. The topological polar surface area (TPSA) is 58.2 Å². The van der Waals surface area contributed by atoms with Crippen molar-refractivity contribution in [2.75, 3.05) is 24.6 Å². The number of thioether (sulfide) groups is 1. The summed E-state index contributed by atoms with van der Waals surface area (Å²) in [5.41, 5.74) is 0.704. The van der Waals surface area contributed by atoms with Crippen molar-refractivity contribution in [1.29, 1.82) is 0 Å². The van der Waals surface area contributed by atoms with Gasteiger partial charge in [-0.15, -0.1) is 24.2 Å². The first-order valence-electron chi connectivity index (χ1n) is 6.92. The third-order valence-corrected chi connectivity index (χ3v) is 4.20. The van der Waals surface area contributed by atoms with Crippen molar-refractivity contribution < 1.29 is 9.59 Å². The quantitative estimate of drug-likeness (QED) is 0.751. The molecule has 6 heteroatoms. The van der Waals surface area contributed by atoms with E-state index in [1.54, 1.807) is 12.1 Å². The van der Waals surface area contributed by atoms with Gasteiger partial charge in [-0.1, -0.05) is 30.3 Å². The van der Waals surface area contributed by atoms with Crippen LogP contribution < -0.4 is 10.6 Å². The van der Waals surface area contributed by atoms with E-state index in [1.807, 2.05) is 18.2 Å². The Kier molecular flexibility index (Phi) is 8.42. The zero-order chi connectivity index (χ0) is 14.2. The first-order valence-corrected chi connectivity index (χ1v) is 8.07. The first kappa shape index (κ1) is 18.0. The molecular formula is C15H21ClN2O2S. The Morgan fingerprint density at radius 2 is 2.00 bits per heavy atom. The van der Waals surface area contributed by atoms with Crippen LogP contribution in [0.5, 0.6) is 0 Å². The van der Waals surface area contributed by atoms with Crippen molar-refractivity contribution in [3.05, 3.63) is 35.9 Å². The smallest absolute Gasteiger partial charge is 0.230 e. The molecule has 1 fully saturated rings. The van der Waals surface area contributed by atoms with Crippen molar-refractivity contribution in [1.82, 2.24) is 10.6 Å². The number of benzene rings is 1. The number of carbonyl (C=O) groups is 2. The normalized spacial score (nSPS) is 17.0. The van der Waals surface area contributed by atoms with Gasteiger partial charge in [-0.05, 0) is 19.4 Å². The van der Waals surface area contributed by atoms with E-state index in [4.69, 9.17) is 0 Å². The fraction of sp³-hybridized carbons (Fsp3) is 0.467. The van der Waals surface area contributed by atoms with E-state index in [1.165, 1.54) is 18.2 Å². The number of amides is 1. The fourth-order valence-electron chi connectivity index (χ4n) is 2.16. The lowest BCUT2D eigenvalue weighted by atomic mass is 10.2. The van der Waals surface area contributed by atoms with E-state index < -0.39 is 0 Å². The van der Waals surface area contributed by atoms with E-state index in [0.29, 0.717) is 29.7 Å². The second-order valence-corrected chi connectivity index (χ2v) is 5.86. The van der Waals surface area contributed by atoms with E-state index in [2.05, 4.69) is 10.6 Å². The average molecular weight is 329 g/mol. The minimum Gasteiger partial charge on any atom is -0.354 e. The standard InChI is InChI=1S/C15H20N2O2S.ClH/c18-14(12-5-2-1-3-6-12)10-20-11-15(19)17-9-13-7-4-8-16-13;/h1-3,5-6,13,16H,4,7-11H2,(H,17,19);1H. The summed E-state index contributed by atoms with van der Waals surface area (Å²) in [5.74, 6) is 0.759. The number of Topliss-reactive ketones (excluding diaryl/α,β-unsaturated/α-hetero) is 1. The van der Waals surface area contributed by atoms with Crippen molar-refractivity contribution in [3.63, 3.8) is 0 Å². The molecule has 1 atom stereocenters. The molecule has 1 unspecified atom stereocenters. The molecule has 4 nitrogen and oxygen atoms in total. The number of nitrogens with one attached hydrogen (secondary N) is 2. The van der Waals surface area contributed by atoms with Gasteiger partial charge in [-0.2, -0.15) is 0 Å². The molecule has 0 saturated carbocycles. The van der Waals surface area contributed by atoms with Crippen molar-refractivity contribution in [2.24, 2.45) is 0 Å². The molecule has 0 radical (unpaired) electrons. The molecule has 1 heterocycles. The highest BCUT2D eigenvalue weighted by Gasteiger charge is 2.14. The highest BCUT2D eigenvalue weighted by atomic mass is 35.5. The number of halogens is 1. The number of hydrogen-bond acceptors (Lipinski definition) is 4. The Balaban J connectivity index is 0.00000220. The van der Waals surface area contributed by atoms with Gasteiger partial charge in [0.05, 0.1) is 11.5 Å². The lowest BCUT2D eigenvalue weighted by molar-refractivity contribution is -0.118. The van der Waals surface area contributed by atoms with Crippen molar-refractivity contribution in [2.45, 2.75) is 18.9 Å². The lowest BCUT2D eigenvalue weighted by Crippen LogP contribution is -2.38. The van der Waals surface area contributed by atoms with Crippen LogP contribution >= 0.6 is 24.2 Å². The van der Waals surface area contributed by atoms with E-state index >= 15 is 0 Å². The monoisotopic (exact) mass is 328 g/mol. The number of rotatable bonds is 7. The van der Waals surface area contributed by atoms with Crippen LogP contribution in [-0.4, -0.2) is 42.3 Å². The van der Waals surface area contributed by atoms with Crippen molar-refractivity contribution >= 4 is 35.9 Å². The van der Waals surface area contributed by atoms with Crippen molar-refractivity contribution in [3.8, 4) is 0 Å².